The molecular weight excluding hydrogens is 368 g/mol. The fourth-order valence-corrected chi connectivity index (χ4v) is 3.07. The van der Waals surface area contributed by atoms with Crippen LogP contribution in [0.3, 0.4) is 0 Å². The van der Waals surface area contributed by atoms with Crippen LogP contribution in [0, 0.1) is 0 Å². The molecule has 150 valence electrons. The monoisotopic (exact) mass is 392 g/mol. The zero-order chi connectivity index (χ0) is 20.9. The van der Waals surface area contributed by atoms with Gasteiger partial charge in [0.05, 0.1) is 0 Å². The van der Waals surface area contributed by atoms with Crippen molar-refractivity contribution >= 4 is 5.97 Å². The van der Waals surface area contributed by atoms with Gasteiger partial charge in [-0.05, 0) is 47.5 Å². The summed E-state index contributed by atoms with van der Waals surface area (Å²) in [5.74, 6) is 0.168. The molecular formula is C24H24O5. The van der Waals surface area contributed by atoms with Gasteiger partial charge in [0.1, 0.15) is 36.0 Å². The largest absolute Gasteiger partial charge is 0.507 e. The second kappa shape index (κ2) is 8.69. The zero-order valence-corrected chi connectivity index (χ0v) is 16.5. The van der Waals surface area contributed by atoms with Gasteiger partial charge in [0.15, 0.2) is 0 Å². The topological polar surface area (TPSA) is 76.0 Å². The van der Waals surface area contributed by atoms with E-state index in [4.69, 9.17) is 14.6 Å². The average molecular weight is 392 g/mol. The summed E-state index contributed by atoms with van der Waals surface area (Å²) in [5.41, 5.74) is 1.33. The summed E-state index contributed by atoms with van der Waals surface area (Å²) < 4.78 is 11.3. The van der Waals surface area contributed by atoms with Crippen LogP contribution in [0.4, 0.5) is 0 Å². The van der Waals surface area contributed by atoms with Gasteiger partial charge in [0.2, 0.25) is 0 Å². The molecule has 0 radical (unpaired) electrons. The van der Waals surface area contributed by atoms with E-state index in [1.54, 1.807) is 6.07 Å². The fourth-order valence-electron chi connectivity index (χ4n) is 3.07. The molecule has 2 N–H and O–H groups in total. The lowest BCUT2D eigenvalue weighted by Crippen LogP contribution is -2.19. The maximum atomic E-state index is 11.1. The number of carbonyl (C=O) groups is 1. The van der Waals surface area contributed by atoms with Gasteiger partial charge < -0.3 is 19.7 Å². The van der Waals surface area contributed by atoms with Crippen LogP contribution < -0.4 is 9.47 Å². The predicted octanol–water partition coefficient (Wildman–Crippen LogP) is 4.87. The smallest absolute Gasteiger partial charge is 0.339 e. The van der Waals surface area contributed by atoms with Crippen molar-refractivity contribution < 1.29 is 24.5 Å². The maximum Gasteiger partial charge on any atom is 0.339 e. The summed E-state index contributed by atoms with van der Waals surface area (Å²) in [7, 11) is 0. The number of carboxylic acid groups (broad SMARTS) is 1. The third-order valence-corrected chi connectivity index (χ3v) is 4.89. The van der Waals surface area contributed by atoms with Crippen LogP contribution in [0.15, 0.2) is 72.8 Å². The first-order valence-corrected chi connectivity index (χ1v) is 9.36. The van der Waals surface area contributed by atoms with E-state index in [2.05, 4.69) is 0 Å². The molecule has 0 aliphatic heterocycles. The van der Waals surface area contributed by atoms with Gasteiger partial charge in [-0.3, -0.25) is 0 Å². The third kappa shape index (κ3) is 4.88. The minimum absolute atomic E-state index is 0.106. The van der Waals surface area contributed by atoms with E-state index < -0.39 is 11.4 Å². The van der Waals surface area contributed by atoms with Crippen LogP contribution in [-0.4, -0.2) is 29.4 Å². The first-order chi connectivity index (χ1) is 13.9. The SMILES string of the molecule is CC(C)(c1ccc(OCCOc2ccccc2)cc1)c1ccc(C(=O)O)c(O)c1. The van der Waals surface area contributed by atoms with Crippen LogP contribution in [0.2, 0.25) is 0 Å². The van der Waals surface area contributed by atoms with Crippen LogP contribution in [0.25, 0.3) is 0 Å². The lowest BCUT2D eigenvalue weighted by atomic mass is 9.78. The van der Waals surface area contributed by atoms with Crippen molar-refractivity contribution in [2.75, 3.05) is 13.2 Å². The van der Waals surface area contributed by atoms with E-state index in [-0.39, 0.29) is 11.3 Å². The Bertz CT molecular complexity index is 962. The molecule has 0 fully saturated rings. The van der Waals surface area contributed by atoms with E-state index in [0.717, 1.165) is 22.6 Å². The van der Waals surface area contributed by atoms with Crippen molar-refractivity contribution in [1.29, 1.82) is 0 Å². The quantitative estimate of drug-likeness (QED) is 0.535. The number of ether oxygens (including phenoxy) is 2. The molecule has 0 atom stereocenters. The fraction of sp³-hybridized carbons (Fsp3) is 0.208. The normalized spacial score (nSPS) is 11.1. The van der Waals surface area contributed by atoms with E-state index >= 15 is 0 Å². The molecule has 5 heteroatoms. The van der Waals surface area contributed by atoms with Gasteiger partial charge in [-0.1, -0.05) is 50.2 Å². The minimum atomic E-state index is -1.15. The van der Waals surface area contributed by atoms with Crippen molar-refractivity contribution in [2.45, 2.75) is 19.3 Å². The van der Waals surface area contributed by atoms with Gasteiger partial charge in [-0.2, -0.15) is 0 Å². The Morgan fingerprint density at radius 3 is 1.93 bits per heavy atom. The molecule has 0 aromatic heterocycles. The minimum Gasteiger partial charge on any atom is -0.507 e. The van der Waals surface area contributed by atoms with E-state index in [0.29, 0.717) is 13.2 Å². The molecule has 5 nitrogen and oxygen atoms in total. The van der Waals surface area contributed by atoms with E-state index in [9.17, 15) is 9.90 Å². The highest BCUT2D eigenvalue weighted by Crippen LogP contribution is 2.35. The van der Waals surface area contributed by atoms with Crippen molar-refractivity contribution in [1.82, 2.24) is 0 Å². The van der Waals surface area contributed by atoms with Gasteiger partial charge in [-0.15, -0.1) is 0 Å². The standard InChI is InChI=1S/C24H24O5/c1-24(2,18-10-13-21(23(26)27)22(25)16-18)17-8-11-20(12-9-17)29-15-14-28-19-6-4-3-5-7-19/h3-13,16,25H,14-15H2,1-2H3,(H,26,27). The van der Waals surface area contributed by atoms with Crippen LogP contribution in [0.1, 0.15) is 35.3 Å². The summed E-state index contributed by atoms with van der Waals surface area (Å²) >= 11 is 0. The maximum absolute atomic E-state index is 11.1. The number of carboxylic acids is 1. The zero-order valence-electron chi connectivity index (χ0n) is 16.5. The van der Waals surface area contributed by atoms with E-state index in [1.165, 1.54) is 12.1 Å². The Kier molecular flexibility index (Phi) is 6.07. The van der Waals surface area contributed by atoms with E-state index in [1.807, 2.05) is 68.4 Å². The number of aromatic hydroxyl groups is 1. The molecule has 0 amide bonds. The Morgan fingerprint density at radius 1 is 0.828 bits per heavy atom. The van der Waals surface area contributed by atoms with Gasteiger partial charge in [0, 0.05) is 5.41 Å². The highest BCUT2D eigenvalue weighted by molar-refractivity contribution is 5.90. The highest BCUT2D eigenvalue weighted by atomic mass is 16.5. The number of phenols is 1. The summed E-state index contributed by atoms with van der Waals surface area (Å²) in [5, 5.41) is 19.1. The van der Waals surface area contributed by atoms with Gasteiger partial charge in [-0.25, -0.2) is 4.79 Å². The van der Waals surface area contributed by atoms with Gasteiger partial charge in [0.25, 0.3) is 0 Å². The number of benzene rings is 3. The molecule has 29 heavy (non-hydrogen) atoms. The van der Waals surface area contributed by atoms with Crippen LogP contribution in [-0.2, 0) is 5.41 Å². The Labute approximate surface area is 170 Å². The van der Waals surface area contributed by atoms with Crippen LogP contribution >= 0.6 is 0 Å². The molecule has 0 aliphatic carbocycles. The number of hydrogen-bond acceptors (Lipinski definition) is 4. The molecule has 3 aromatic carbocycles. The molecule has 0 saturated heterocycles. The molecule has 3 rings (SSSR count). The lowest BCUT2D eigenvalue weighted by molar-refractivity contribution is 0.0693. The van der Waals surface area contributed by atoms with Crippen molar-refractivity contribution in [3.05, 3.63) is 89.5 Å². The number of hydrogen-bond donors (Lipinski definition) is 2. The van der Waals surface area contributed by atoms with Crippen LogP contribution in [0.5, 0.6) is 17.2 Å². The molecule has 0 unspecified atom stereocenters. The first kappa shape index (κ1) is 20.3. The van der Waals surface area contributed by atoms with Crippen molar-refractivity contribution in [3.8, 4) is 17.2 Å². The lowest BCUT2D eigenvalue weighted by Gasteiger charge is -2.26. The number of para-hydroxylation sites is 1. The van der Waals surface area contributed by atoms with Crippen molar-refractivity contribution in [2.24, 2.45) is 0 Å². The Hall–Kier alpha value is -3.47. The molecule has 0 saturated carbocycles. The highest BCUT2D eigenvalue weighted by Gasteiger charge is 2.25. The summed E-state index contributed by atoms with van der Waals surface area (Å²) in [6.07, 6.45) is 0. The number of aromatic carboxylic acids is 1. The molecule has 0 heterocycles. The first-order valence-electron chi connectivity index (χ1n) is 9.36. The molecule has 3 aromatic rings. The number of rotatable bonds is 8. The second-order valence-corrected chi connectivity index (χ2v) is 7.20. The summed E-state index contributed by atoms with van der Waals surface area (Å²) in [4.78, 5) is 11.1. The third-order valence-electron chi connectivity index (χ3n) is 4.89. The molecule has 0 spiro atoms. The van der Waals surface area contributed by atoms with Crippen molar-refractivity contribution in [3.63, 3.8) is 0 Å². The molecule has 0 bridgehead atoms. The average Bonchev–Trinajstić information content (AvgIpc) is 2.72. The Balaban J connectivity index is 1.62. The Morgan fingerprint density at radius 2 is 1.38 bits per heavy atom. The summed E-state index contributed by atoms with van der Waals surface area (Å²) in [6.45, 7) is 4.92. The summed E-state index contributed by atoms with van der Waals surface area (Å²) in [6, 6.07) is 22.0. The molecule has 0 aliphatic rings. The van der Waals surface area contributed by atoms with Gasteiger partial charge >= 0.3 is 5.97 Å². The second-order valence-electron chi connectivity index (χ2n) is 7.20. The predicted molar refractivity (Wildman–Crippen MR) is 111 cm³/mol.